The van der Waals surface area contributed by atoms with E-state index in [9.17, 15) is 18.0 Å². The maximum atomic E-state index is 12.7. The van der Waals surface area contributed by atoms with Gasteiger partial charge in [-0.25, -0.2) is 13.2 Å². The minimum atomic E-state index is -3.91. The van der Waals surface area contributed by atoms with Gasteiger partial charge in [0, 0.05) is 10.1 Å². The average Bonchev–Trinajstić information content (AvgIpc) is 2.98. The van der Waals surface area contributed by atoms with Crippen LogP contribution >= 0.6 is 11.3 Å². The molecule has 0 unspecified atom stereocenters. The van der Waals surface area contributed by atoms with Gasteiger partial charge < -0.3 is 4.74 Å². The lowest BCUT2D eigenvalue weighted by Crippen LogP contribution is -2.14. The van der Waals surface area contributed by atoms with Crippen molar-refractivity contribution in [3.63, 3.8) is 0 Å². The van der Waals surface area contributed by atoms with Gasteiger partial charge in [0.15, 0.2) is 5.78 Å². The molecule has 0 atom stereocenters. The SMILES string of the molecule is COC(=O)c1ccc(S(=O)(=O)Nc2sc3ccccc3c2C(C)=O)cc1. The van der Waals surface area contributed by atoms with E-state index in [0.29, 0.717) is 10.9 Å². The first-order valence-corrected chi connectivity index (χ1v) is 9.87. The number of sulfonamides is 1. The van der Waals surface area contributed by atoms with Crippen molar-refractivity contribution in [2.24, 2.45) is 0 Å². The van der Waals surface area contributed by atoms with Crippen LogP contribution in [0, 0.1) is 0 Å². The molecule has 0 bridgehead atoms. The highest BCUT2D eigenvalue weighted by molar-refractivity contribution is 7.93. The summed E-state index contributed by atoms with van der Waals surface area (Å²) in [5, 5.41) is 0.986. The number of carbonyl (C=O) groups excluding carboxylic acids is 2. The third kappa shape index (κ3) is 3.33. The van der Waals surface area contributed by atoms with Gasteiger partial charge in [0.1, 0.15) is 5.00 Å². The van der Waals surface area contributed by atoms with Gasteiger partial charge in [-0.1, -0.05) is 18.2 Å². The van der Waals surface area contributed by atoms with Crippen molar-refractivity contribution in [1.82, 2.24) is 0 Å². The molecule has 1 N–H and O–H groups in total. The molecule has 0 spiro atoms. The lowest BCUT2D eigenvalue weighted by Gasteiger charge is -2.08. The van der Waals surface area contributed by atoms with Gasteiger partial charge >= 0.3 is 5.97 Å². The highest BCUT2D eigenvalue weighted by Crippen LogP contribution is 2.37. The number of hydrogen-bond donors (Lipinski definition) is 1. The van der Waals surface area contributed by atoms with Crippen LogP contribution in [0.1, 0.15) is 27.6 Å². The fraction of sp³-hybridized carbons (Fsp3) is 0.111. The Morgan fingerprint density at radius 3 is 2.31 bits per heavy atom. The normalized spacial score (nSPS) is 11.3. The Morgan fingerprint density at radius 1 is 1.04 bits per heavy atom. The molecule has 3 aromatic rings. The Balaban J connectivity index is 2.00. The number of nitrogens with one attached hydrogen (secondary N) is 1. The Labute approximate surface area is 154 Å². The van der Waals surface area contributed by atoms with Gasteiger partial charge in [0.25, 0.3) is 10.0 Å². The van der Waals surface area contributed by atoms with Gasteiger partial charge in [-0.3, -0.25) is 9.52 Å². The number of ether oxygens (including phenoxy) is 1. The molecule has 8 heteroatoms. The first-order chi connectivity index (χ1) is 12.3. The first kappa shape index (κ1) is 18.1. The van der Waals surface area contributed by atoms with Crippen LogP contribution in [0.15, 0.2) is 53.4 Å². The van der Waals surface area contributed by atoms with Crippen molar-refractivity contribution in [3.05, 3.63) is 59.7 Å². The standard InChI is InChI=1S/C18H15NO5S2/c1-11(20)16-14-5-3-4-6-15(14)25-17(16)19-26(22,23)13-9-7-12(8-10-13)18(21)24-2/h3-10,19H,1-2H3. The number of fused-ring (bicyclic) bond motifs is 1. The van der Waals surface area contributed by atoms with E-state index in [1.807, 2.05) is 12.1 Å². The van der Waals surface area contributed by atoms with Gasteiger partial charge in [-0.15, -0.1) is 11.3 Å². The molecular weight excluding hydrogens is 374 g/mol. The zero-order valence-electron chi connectivity index (χ0n) is 14.0. The van der Waals surface area contributed by atoms with E-state index in [4.69, 9.17) is 0 Å². The van der Waals surface area contributed by atoms with E-state index in [2.05, 4.69) is 9.46 Å². The van der Waals surface area contributed by atoms with Crippen LogP contribution in [-0.4, -0.2) is 27.3 Å². The maximum Gasteiger partial charge on any atom is 0.337 e. The van der Waals surface area contributed by atoms with Crippen molar-refractivity contribution in [2.75, 3.05) is 11.8 Å². The van der Waals surface area contributed by atoms with Crippen molar-refractivity contribution >= 4 is 48.2 Å². The topological polar surface area (TPSA) is 89.5 Å². The number of esters is 1. The van der Waals surface area contributed by atoms with Crippen molar-refractivity contribution in [1.29, 1.82) is 0 Å². The third-order valence-corrected chi connectivity index (χ3v) is 6.34. The molecule has 1 heterocycles. The molecule has 0 saturated carbocycles. The summed E-state index contributed by atoms with van der Waals surface area (Å²) in [5.41, 5.74) is 0.595. The average molecular weight is 389 g/mol. The largest absolute Gasteiger partial charge is 0.465 e. The van der Waals surface area contributed by atoms with E-state index in [1.54, 1.807) is 12.1 Å². The molecule has 0 fully saturated rings. The molecule has 1 aromatic heterocycles. The number of anilines is 1. The Morgan fingerprint density at radius 2 is 1.69 bits per heavy atom. The second-order valence-corrected chi connectivity index (χ2v) is 8.21. The summed E-state index contributed by atoms with van der Waals surface area (Å²) < 4.78 is 33.2. The Hall–Kier alpha value is -2.71. The monoisotopic (exact) mass is 389 g/mol. The number of methoxy groups -OCH3 is 1. The molecular formula is C18H15NO5S2. The smallest absolute Gasteiger partial charge is 0.337 e. The zero-order valence-corrected chi connectivity index (χ0v) is 15.6. The molecule has 0 aliphatic carbocycles. The van der Waals surface area contributed by atoms with Crippen LogP contribution in [0.25, 0.3) is 10.1 Å². The van der Waals surface area contributed by atoms with Crippen LogP contribution in [-0.2, 0) is 14.8 Å². The second kappa shape index (κ2) is 6.89. The molecule has 0 aliphatic heterocycles. The molecule has 134 valence electrons. The molecule has 6 nitrogen and oxygen atoms in total. The summed E-state index contributed by atoms with van der Waals surface area (Å²) in [6.07, 6.45) is 0. The van der Waals surface area contributed by atoms with Crippen LogP contribution < -0.4 is 4.72 Å². The molecule has 0 amide bonds. The number of hydrogen-bond acceptors (Lipinski definition) is 6. The maximum absolute atomic E-state index is 12.7. The Kier molecular flexibility index (Phi) is 4.80. The summed E-state index contributed by atoms with van der Waals surface area (Å²) in [6, 6.07) is 12.6. The van der Waals surface area contributed by atoms with E-state index in [1.165, 1.54) is 49.6 Å². The van der Waals surface area contributed by atoms with Crippen molar-refractivity contribution in [3.8, 4) is 0 Å². The lowest BCUT2D eigenvalue weighted by atomic mass is 10.1. The van der Waals surface area contributed by atoms with Crippen LogP contribution in [0.4, 0.5) is 5.00 Å². The summed E-state index contributed by atoms with van der Waals surface area (Å²) in [7, 11) is -2.66. The number of rotatable bonds is 5. The number of Topliss-reactive ketones (excluding diaryl/α,β-unsaturated/α-hetero) is 1. The molecule has 0 aliphatic rings. The molecule has 0 radical (unpaired) electrons. The van der Waals surface area contributed by atoms with Crippen LogP contribution in [0.3, 0.4) is 0 Å². The predicted octanol–water partition coefficient (Wildman–Crippen LogP) is 3.69. The number of thiophene rings is 1. The highest BCUT2D eigenvalue weighted by Gasteiger charge is 2.22. The van der Waals surface area contributed by atoms with Gasteiger partial charge in [-0.05, 0) is 37.3 Å². The second-order valence-electron chi connectivity index (χ2n) is 5.48. The van der Waals surface area contributed by atoms with Crippen LogP contribution in [0.5, 0.6) is 0 Å². The summed E-state index contributed by atoms with van der Waals surface area (Å²) in [5.74, 6) is -0.772. The zero-order chi connectivity index (χ0) is 18.9. The predicted molar refractivity (Wildman–Crippen MR) is 100 cm³/mol. The van der Waals surface area contributed by atoms with E-state index in [0.717, 1.165) is 4.70 Å². The van der Waals surface area contributed by atoms with Crippen molar-refractivity contribution < 1.29 is 22.7 Å². The Bertz CT molecular complexity index is 1100. The van der Waals surface area contributed by atoms with Gasteiger partial charge in [0.2, 0.25) is 0 Å². The molecule has 3 rings (SSSR count). The van der Waals surface area contributed by atoms with Crippen LogP contribution in [0.2, 0.25) is 0 Å². The summed E-state index contributed by atoms with van der Waals surface area (Å²) in [6.45, 7) is 1.40. The van der Waals surface area contributed by atoms with Crippen molar-refractivity contribution in [2.45, 2.75) is 11.8 Å². The molecule has 26 heavy (non-hydrogen) atoms. The number of ketones is 1. The lowest BCUT2D eigenvalue weighted by molar-refractivity contribution is 0.0600. The third-order valence-electron chi connectivity index (χ3n) is 3.76. The van der Waals surface area contributed by atoms with Gasteiger partial charge in [-0.2, -0.15) is 0 Å². The van der Waals surface area contributed by atoms with E-state index in [-0.39, 0.29) is 21.2 Å². The minimum Gasteiger partial charge on any atom is -0.465 e. The number of carbonyl (C=O) groups is 2. The highest BCUT2D eigenvalue weighted by atomic mass is 32.2. The fourth-order valence-corrected chi connectivity index (χ4v) is 4.99. The summed E-state index contributed by atoms with van der Waals surface area (Å²) >= 11 is 1.20. The van der Waals surface area contributed by atoms with E-state index < -0.39 is 16.0 Å². The minimum absolute atomic E-state index is 0.0166. The fourth-order valence-electron chi connectivity index (χ4n) is 2.54. The number of benzene rings is 2. The molecule has 2 aromatic carbocycles. The summed E-state index contributed by atoms with van der Waals surface area (Å²) in [4.78, 5) is 23.5. The quantitative estimate of drug-likeness (QED) is 0.531. The molecule has 0 saturated heterocycles. The van der Waals surface area contributed by atoms with Gasteiger partial charge in [0.05, 0.1) is 23.1 Å². The first-order valence-electron chi connectivity index (χ1n) is 7.57. The van der Waals surface area contributed by atoms with E-state index >= 15 is 0 Å².